The van der Waals surface area contributed by atoms with E-state index in [1.807, 2.05) is 41.3 Å². The Morgan fingerprint density at radius 2 is 1.23 bits per heavy atom. The molecule has 1 aliphatic heterocycles. The van der Waals surface area contributed by atoms with Crippen molar-refractivity contribution in [2.24, 2.45) is 0 Å². The first kappa shape index (κ1) is 22.7. The number of aliphatic hydroxyl groups is 1. The number of piperazine rings is 1. The summed E-state index contributed by atoms with van der Waals surface area (Å²) < 4.78 is 63.6. The van der Waals surface area contributed by atoms with E-state index in [1.165, 1.54) is 0 Å². The predicted molar refractivity (Wildman–Crippen MR) is 104 cm³/mol. The number of halogens is 5. The SMILES string of the molecule is O[C@@H](CCN1CCN(C(c2ccccc2)c2ccccc2)CC1)C(F)(F)C(F)(F)F. The van der Waals surface area contributed by atoms with E-state index in [9.17, 15) is 27.1 Å². The fraction of sp³-hybridized carbons (Fsp3) is 0.455. The first-order chi connectivity index (χ1) is 14.2. The Balaban J connectivity index is 1.61. The number of aliphatic hydroxyl groups excluding tert-OH is 1. The van der Waals surface area contributed by atoms with E-state index in [4.69, 9.17) is 0 Å². The summed E-state index contributed by atoms with van der Waals surface area (Å²) in [6.45, 7) is 2.32. The molecule has 0 unspecified atom stereocenters. The van der Waals surface area contributed by atoms with E-state index in [0.29, 0.717) is 26.2 Å². The Morgan fingerprint density at radius 3 is 1.67 bits per heavy atom. The number of hydrogen-bond donors (Lipinski definition) is 1. The molecule has 1 atom stereocenters. The third-order valence-electron chi connectivity index (χ3n) is 5.52. The molecule has 1 heterocycles. The molecule has 3 nitrogen and oxygen atoms in total. The van der Waals surface area contributed by atoms with E-state index in [-0.39, 0.29) is 12.6 Å². The molecule has 1 saturated heterocycles. The van der Waals surface area contributed by atoms with Crippen molar-refractivity contribution in [2.75, 3.05) is 32.7 Å². The molecule has 1 fully saturated rings. The molecule has 2 aromatic rings. The van der Waals surface area contributed by atoms with Gasteiger partial charge in [-0.25, -0.2) is 0 Å². The maximum absolute atomic E-state index is 13.2. The molecule has 0 saturated carbocycles. The van der Waals surface area contributed by atoms with E-state index < -0.39 is 24.6 Å². The van der Waals surface area contributed by atoms with Crippen LogP contribution in [0.2, 0.25) is 0 Å². The number of benzene rings is 2. The van der Waals surface area contributed by atoms with Gasteiger partial charge in [0.05, 0.1) is 6.04 Å². The summed E-state index contributed by atoms with van der Waals surface area (Å²) in [7, 11) is 0. The molecule has 8 heteroatoms. The molecule has 0 spiro atoms. The van der Waals surface area contributed by atoms with E-state index in [2.05, 4.69) is 29.2 Å². The van der Waals surface area contributed by atoms with Crippen molar-refractivity contribution in [1.82, 2.24) is 9.80 Å². The van der Waals surface area contributed by atoms with Crippen LogP contribution in [0.25, 0.3) is 0 Å². The molecule has 1 N–H and O–H groups in total. The topological polar surface area (TPSA) is 26.7 Å². The van der Waals surface area contributed by atoms with Crippen LogP contribution in [0, 0.1) is 0 Å². The van der Waals surface area contributed by atoms with Crippen molar-refractivity contribution in [3.63, 3.8) is 0 Å². The molecule has 1 aliphatic rings. The zero-order valence-electron chi connectivity index (χ0n) is 16.4. The molecule has 0 radical (unpaired) electrons. The minimum atomic E-state index is -5.75. The second kappa shape index (κ2) is 9.41. The molecule has 0 bridgehead atoms. The van der Waals surface area contributed by atoms with Gasteiger partial charge in [0.1, 0.15) is 6.10 Å². The molecule has 164 valence electrons. The third-order valence-corrected chi connectivity index (χ3v) is 5.52. The summed E-state index contributed by atoms with van der Waals surface area (Å²) in [6, 6.07) is 20.1. The monoisotopic (exact) mass is 428 g/mol. The first-order valence-electron chi connectivity index (χ1n) is 9.89. The average Bonchev–Trinajstić information content (AvgIpc) is 2.74. The molecular formula is C22H25F5N2O. The maximum Gasteiger partial charge on any atom is 0.456 e. The fourth-order valence-corrected chi connectivity index (χ4v) is 3.80. The summed E-state index contributed by atoms with van der Waals surface area (Å²) in [5.74, 6) is -5.10. The Bertz CT molecular complexity index is 738. The van der Waals surface area contributed by atoms with Crippen LogP contribution in [0.3, 0.4) is 0 Å². The number of hydrogen-bond acceptors (Lipinski definition) is 3. The lowest BCUT2D eigenvalue weighted by Crippen LogP contribution is -2.51. The molecular weight excluding hydrogens is 403 g/mol. The van der Waals surface area contributed by atoms with Gasteiger partial charge in [-0.3, -0.25) is 4.90 Å². The van der Waals surface area contributed by atoms with Crippen molar-refractivity contribution in [3.8, 4) is 0 Å². The molecule has 0 aliphatic carbocycles. The Labute approximate surface area is 172 Å². The Morgan fingerprint density at radius 1 is 0.767 bits per heavy atom. The second-order valence-electron chi connectivity index (χ2n) is 7.53. The van der Waals surface area contributed by atoms with Crippen LogP contribution < -0.4 is 0 Å². The second-order valence-corrected chi connectivity index (χ2v) is 7.53. The molecule has 30 heavy (non-hydrogen) atoms. The zero-order valence-corrected chi connectivity index (χ0v) is 16.4. The smallest absolute Gasteiger partial charge is 0.386 e. The lowest BCUT2D eigenvalue weighted by molar-refractivity contribution is -0.313. The minimum absolute atomic E-state index is 0.0119. The van der Waals surface area contributed by atoms with E-state index in [0.717, 1.165) is 11.1 Å². The van der Waals surface area contributed by atoms with Crippen molar-refractivity contribution in [1.29, 1.82) is 0 Å². The number of rotatable bonds is 7. The van der Waals surface area contributed by atoms with Gasteiger partial charge in [-0.1, -0.05) is 60.7 Å². The van der Waals surface area contributed by atoms with E-state index in [1.54, 1.807) is 0 Å². The normalized spacial score (nSPS) is 18.0. The van der Waals surface area contributed by atoms with Gasteiger partial charge in [0.15, 0.2) is 0 Å². The Hall–Kier alpha value is -2.03. The lowest BCUT2D eigenvalue weighted by Gasteiger charge is -2.40. The first-order valence-corrected chi connectivity index (χ1v) is 9.89. The third kappa shape index (κ3) is 5.17. The summed E-state index contributed by atoms with van der Waals surface area (Å²) in [6.07, 6.45) is -9.12. The van der Waals surface area contributed by atoms with Gasteiger partial charge >= 0.3 is 12.1 Å². The van der Waals surface area contributed by atoms with Crippen molar-refractivity contribution in [3.05, 3.63) is 71.8 Å². The van der Waals surface area contributed by atoms with Crippen molar-refractivity contribution < 1.29 is 27.1 Å². The number of nitrogens with zero attached hydrogens (tertiary/aromatic N) is 2. The highest BCUT2D eigenvalue weighted by atomic mass is 19.4. The van der Waals surface area contributed by atoms with Crippen molar-refractivity contribution >= 4 is 0 Å². The quantitative estimate of drug-likeness (QED) is 0.665. The largest absolute Gasteiger partial charge is 0.456 e. The van der Waals surface area contributed by atoms with Gasteiger partial charge in [-0.05, 0) is 17.5 Å². The van der Waals surface area contributed by atoms with Crippen LogP contribution >= 0.6 is 0 Å². The Kier molecular flexibility index (Phi) is 7.10. The van der Waals surface area contributed by atoms with Crippen LogP contribution in [0.15, 0.2) is 60.7 Å². The summed E-state index contributed by atoms with van der Waals surface area (Å²) >= 11 is 0. The van der Waals surface area contributed by atoms with Crippen LogP contribution in [-0.4, -0.2) is 65.8 Å². The highest BCUT2D eigenvalue weighted by Crippen LogP contribution is 2.39. The van der Waals surface area contributed by atoms with Crippen molar-refractivity contribution in [2.45, 2.75) is 30.7 Å². The highest BCUT2D eigenvalue weighted by molar-refractivity contribution is 5.31. The standard InChI is InChI=1S/C22H25F5N2O/c23-21(24,22(25,26)27)19(30)11-12-28-13-15-29(16-14-28)20(17-7-3-1-4-8-17)18-9-5-2-6-10-18/h1-10,19-20,30H,11-16H2/t19-/m0/s1. The molecule has 3 rings (SSSR count). The lowest BCUT2D eigenvalue weighted by atomic mass is 9.96. The van der Waals surface area contributed by atoms with Crippen LogP contribution in [-0.2, 0) is 0 Å². The summed E-state index contributed by atoms with van der Waals surface area (Å²) in [4.78, 5) is 4.10. The van der Waals surface area contributed by atoms with Gasteiger partial charge < -0.3 is 10.0 Å². The zero-order chi connectivity index (χ0) is 21.8. The van der Waals surface area contributed by atoms with Gasteiger partial charge in [0.2, 0.25) is 0 Å². The predicted octanol–water partition coefficient (Wildman–Crippen LogP) is 4.34. The van der Waals surface area contributed by atoms with Gasteiger partial charge in [-0.2, -0.15) is 22.0 Å². The summed E-state index contributed by atoms with van der Waals surface area (Å²) in [5.41, 5.74) is 2.27. The average molecular weight is 428 g/mol. The molecule has 0 amide bonds. The maximum atomic E-state index is 13.2. The van der Waals surface area contributed by atoms with Gasteiger partial charge in [0.25, 0.3) is 0 Å². The van der Waals surface area contributed by atoms with Gasteiger partial charge in [0, 0.05) is 32.7 Å². The van der Waals surface area contributed by atoms with E-state index >= 15 is 0 Å². The molecule has 2 aromatic carbocycles. The minimum Gasteiger partial charge on any atom is -0.386 e. The van der Waals surface area contributed by atoms with Crippen LogP contribution in [0.5, 0.6) is 0 Å². The van der Waals surface area contributed by atoms with Gasteiger partial charge in [-0.15, -0.1) is 0 Å². The molecule has 0 aromatic heterocycles. The summed E-state index contributed by atoms with van der Waals surface area (Å²) in [5, 5.41) is 9.37. The van der Waals surface area contributed by atoms with Crippen LogP contribution in [0.1, 0.15) is 23.6 Å². The van der Waals surface area contributed by atoms with Crippen LogP contribution in [0.4, 0.5) is 22.0 Å². The fourth-order valence-electron chi connectivity index (χ4n) is 3.80. The number of alkyl halides is 5. The highest BCUT2D eigenvalue weighted by Gasteiger charge is 2.61.